The van der Waals surface area contributed by atoms with E-state index in [0.29, 0.717) is 6.54 Å². The Kier molecular flexibility index (Phi) is 4.51. The van der Waals surface area contributed by atoms with Crippen LogP contribution in [0, 0.1) is 5.82 Å². The minimum absolute atomic E-state index is 0.0729. The van der Waals surface area contributed by atoms with Crippen molar-refractivity contribution in [3.8, 4) is 5.75 Å². The van der Waals surface area contributed by atoms with E-state index in [2.05, 4.69) is 11.9 Å². The van der Waals surface area contributed by atoms with Crippen molar-refractivity contribution >= 4 is 5.91 Å². The van der Waals surface area contributed by atoms with Crippen LogP contribution >= 0.6 is 0 Å². The van der Waals surface area contributed by atoms with Gasteiger partial charge >= 0.3 is 0 Å². The summed E-state index contributed by atoms with van der Waals surface area (Å²) in [6, 6.07) is 5.97. The molecule has 16 heavy (non-hydrogen) atoms. The smallest absolute Gasteiger partial charge is 0.261 e. The standard InChI is InChI=1S/C12H14FNO2/c1-3-8-14-12(15)9(2)16-11-7-5-4-6-10(11)13/h3-7,9H,1,8H2,2H3,(H,14,15). The zero-order valence-corrected chi connectivity index (χ0v) is 9.07. The van der Waals surface area contributed by atoms with E-state index >= 15 is 0 Å². The molecular weight excluding hydrogens is 209 g/mol. The zero-order chi connectivity index (χ0) is 12.0. The molecule has 0 aliphatic carbocycles. The van der Waals surface area contributed by atoms with Crippen LogP contribution < -0.4 is 10.1 Å². The molecule has 1 N–H and O–H groups in total. The average Bonchev–Trinajstić information content (AvgIpc) is 2.28. The highest BCUT2D eigenvalue weighted by molar-refractivity contribution is 5.80. The number of nitrogens with one attached hydrogen (secondary N) is 1. The zero-order valence-electron chi connectivity index (χ0n) is 9.07. The van der Waals surface area contributed by atoms with Crippen molar-refractivity contribution in [2.45, 2.75) is 13.0 Å². The lowest BCUT2D eigenvalue weighted by atomic mass is 10.3. The lowest BCUT2D eigenvalue weighted by Gasteiger charge is -2.14. The quantitative estimate of drug-likeness (QED) is 0.774. The van der Waals surface area contributed by atoms with Crippen molar-refractivity contribution in [3.63, 3.8) is 0 Å². The summed E-state index contributed by atoms with van der Waals surface area (Å²) in [7, 11) is 0. The Labute approximate surface area is 93.9 Å². The number of halogens is 1. The van der Waals surface area contributed by atoms with E-state index in [1.54, 1.807) is 25.1 Å². The third kappa shape index (κ3) is 3.38. The number of para-hydroxylation sites is 1. The summed E-state index contributed by atoms with van der Waals surface area (Å²) in [6.45, 7) is 5.40. The van der Waals surface area contributed by atoms with E-state index in [1.165, 1.54) is 12.1 Å². The van der Waals surface area contributed by atoms with Gasteiger partial charge in [-0.2, -0.15) is 0 Å². The predicted molar refractivity (Wildman–Crippen MR) is 59.7 cm³/mol. The van der Waals surface area contributed by atoms with Gasteiger partial charge in [-0.3, -0.25) is 4.79 Å². The highest BCUT2D eigenvalue weighted by Gasteiger charge is 2.15. The van der Waals surface area contributed by atoms with E-state index in [0.717, 1.165) is 0 Å². The third-order valence-corrected chi connectivity index (χ3v) is 1.93. The normalized spacial score (nSPS) is 11.6. The Balaban J connectivity index is 2.57. The average molecular weight is 223 g/mol. The molecule has 0 fully saturated rings. The summed E-state index contributed by atoms with van der Waals surface area (Å²) in [5, 5.41) is 2.57. The van der Waals surface area contributed by atoms with Crippen molar-refractivity contribution in [2.75, 3.05) is 6.54 Å². The van der Waals surface area contributed by atoms with Crippen LogP contribution in [0.15, 0.2) is 36.9 Å². The van der Waals surface area contributed by atoms with Gasteiger partial charge in [0.1, 0.15) is 0 Å². The van der Waals surface area contributed by atoms with E-state index in [9.17, 15) is 9.18 Å². The molecule has 0 aliphatic rings. The fourth-order valence-corrected chi connectivity index (χ4v) is 1.10. The van der Waals surface area contributed by atoms with Crippen LogP contribution in [0.3, 0.4) is 0 Å². The molecule has 1 amide bonds. The van der Waals surface area contributed by atoms with Crippen LogP contribution in [0.1, 0.15) is 6.92 Å². The summed E-state index contributed by atoms with van der Waals surface area (Å²) < 4.78 is 18.4. The number of amides is 1. The van der Waals surface area contributed by atoms with Crippen molar-refractivity contribution in [2.24, 2.45) is 0 Å². The molecule has 0 saturated carbocycles. The van der Waals surface area contributed by atoms with Crippen LogP contribution in [-0.4, -0.2) is 18.6 Å². The second-order valence-electron chi connectivity index (χ2n) is 3.22. The number of hydrogen-bond donors (Lipinski definition) is 1. The van der Waals surface area contributed by atoms with Gasteiger partial charge in [0.05, 0.1) is 0 Å². The summed E-state index contributed by atoms with van der Waals surface area (Å²) in [6.07, 6.45) is 0.824. The Hall–Kier alpha value is -1.84. The van der Waals surface area contributed by atoms with Crippen molar-refractivity contribution in [1.82, 2.24) is 5.32 Å². The van der Waals surface area contributed by atoms with Gasteiger partial charge in [0.15, 0.2) is 17.7 Å². The molecule has 0 heterocycles. The number of benzene rings is 1. The minimum atomic E-state index is -0.739. The Morgan fingerprint density at radius 1 is 1.62 bits per heavy atom. The van der Waals surface area contributed by atoms with Crippen LogP contribution in [-0.2, 0) is 4.79 Å². The van der Waals surface area contributed by atoms with Gasteiger partial charge in [0, 0.05) is 6.54 Å². The van der Waals surface area contributed by atoms with Crippen molar-refractivity contribution in [1.29, 1.82) is 0 Å². The van der Waals surface area contributed by atoms with Crippen molar-refractivity contribution < 1.29 is 13.9 Å². The van der Waals surface area contributed by atoms with Gasteiger partial charge in [-0.25, -0.2) is 4.39 Å². The minimum Gasteiger partial charge on any atom is -0.478 e. The van der Waals surface area contributed by atoms with Crippen LogP contribution in [0.25, 0.3) is 0 Å². The molecule has 0 saturated heterocycles. The van der Waals surface area contributed by atoms with E-state index in [-0.39, 0.29) is 11.7 Å². The summed E-state index contributed by atoms with van der Waals surface area (Å²) in [5.74, 6) is -0.710. The molecule has 86 valence electrons. The second kappa shape index (κ2) is 5.90. The van der Waals surface area contributed by atoms with E-state index < -0.39 is 11.9 Å². The first kappa shape index (κ1) is 12.2. The van der Waals surface area contributed by atoms with Crippen LogP contribution in [0.2, 0.25) is 0 Å². The first-order valence-corrected chi connectivity index (χ1v) is 4.95. The first-order chi connectivity index (χ1) is 7.65. The molecule has 1 atom stereocenters. The van der Waals surface area contributed by atoms with E-state index in [1.807, 2.05) is 0 Å². The molecule has 0 radical (unpaired) electrons. The highest BCUT2D eigenvalue weighted by atomic mass is 19.1. The van der Waals surface area contributed by atoms with Crippen LogP contribution in [0.5, 0.6) is 5.75 Å². The van der Waals surface area contributed by atoms with Crippen molar-refractivity contribution in [3.05, 3.63) is 42.7 Å². The maximum absolute atomic E-state index is 13.2. The molecule has 4 heteroatoms. The third-order valence-electron chi connectivity index (χ3n) is 1.93. The molecule has 1 rings (SSSR count). The van der Waals surface area contributed by atoms with Gasteiger partial charge in [-0.1, -0.05) is 18.2 Å². The summed E-state index contributed by atoms with van der Waals surface area (Å²) >= 11 is 0. The highest BCUT2D eigenvalue weighted by Crippen LogP contribution is 2.16. The van der Waals surface area contributed by atoms with Gasteiger partial charge in [0.25, 0.3) is 5.91 Å². The molecular formula is C12H14FNO2. The number of carbonyl (C=O) groups is 1. The van der Waals surface area contributed by atoms with Gasteiger partial charge in [-0.05, 0) is 19.1 Å². The number of rotatable bonds is 5. The Morgan fingerprint density at radius 3 is 2.94 bits per heavy atom. The lowest BCUT2D eigenvalue weighted by molar-refractivity contribution is -0.127. The monoisotopic (exact) mass is 223 g/mol. The molecule has 1 aromatic rings. The van der Waals surface area contributed by atoms with Crippen LogP contribution in [0.4, 0.5) is 4.39 Å². The molecule has 0 spiro atoms. The predicted octanol–water partition coefficient (Wildman–Crippen LogP) is 1.90. The fourth-order valence-electron chi connectivity index (χ4n) is 1.10. The SMILES string of the molecule is C=CCNC(=O)C(C)Oc1ccccc1F. The second-order valence-corrected chi connectivity index (χ2v) is 3.22. The maximum Gasteiger partial charge on any atom is 0.261 e. The molecule has 1 unspecified atom stereocenters. The molecule has 0 aliphatic heterocycles. The lowest BCUT2D eigenvalue weighted by Crippen LogP contribution is -2.36. The number of hydrogen-bond acceptors (Lipinski definition) is 2. The fraction of sp³-hybridized carbons (Fsp3) is 0.250. The van der Waals surface area contributed by atoms with Gasteiger partial charge < -0.3 is 10.1 Å². The maximum atomic E-state index is 13.2. The number of ether oxygens (including phenoxy) is 1. The van der Waals surface area contributed by atoms with E-state index in [4.69, 9.17) is 4.74 Å². The largest absolute Gasteiger partial charge is 0.478 e. The first-order valence-electron chi connectivity index (χ1n) is 4.95. The summed E-state index contributed by atoms with van der Waals surface area (Å²) in [5.41, 5.74) is 0. The summed E-state index contributed by atoms with van der Waals surface area (Å²) in [4.78, 5) is 11.4. The topological polar surface area (TPSA) is 38.3 Å². The Bertz CT molecular complexity index is 379. The number of carbonyl (C=O) groups excluding carboxylic acids is 1. The molecule has 0 bridgehead atoms. The Morgan fingerprint density at radius 2 is 2.31 bits per heavy atom. The molecule has 0 aromatic heterocycles. The van der Waals surface area contributed by atoms with Gasteiger partial charge in [0.2, 0.25) is 0 Å². The van der Waals surface area contributed by atoms with Gasteiger partial charge in [-0.15, -0.1) is 6.58 Å². The molecule has 1 aromatic carbocycles. The molecule has 3 nitrogen and oxygen atoms in total.